The summed E-state index contributed by atoms with van der Waals surface area (Å²) in [6.45, 7) is 8.63. The first kappa shape index (κ1) is 12.1. The lowest BCUT2D eigenvalue weighted by atomic mass is 10.2. The normalized spacial score (nSPS) is 13.3. The first-order chi connectivity index (χ1) is 5.99. The van der Waals surface area contributed by atoms with Crippen LogP contribution in [0.1, 0.15) is 13.8 Å². The molecule has 0 rings (SSSR count). The van der Waals surface area contributed by atoms with Gasteiger partial charge in [0.25, 0.3) is 0 Å². The average molecular weight is 186 g/mol. The molecule has 4 nitrogen and oxygen atoms in total. The molecule has 0 aromatic heterocycles. The van der Waals surface area contributed by atoms with Crippen LogP contribution in [0.2, 0.25) is 0 Å². The van der Waals surface area contributed by atoms with Crippen LogP contribution in [0, 0.1) is 0 Å². The molecule has 0 saturated heterocycles. The lowest BCUT2D eigenvalue weighted by molar-refractivity contribution is -0.139. The molecule has 0 aromatic rings. The summed E-state index contributed by atoms with van der Waals surface area (Å²) in [5.41, 5.74) is 5.41. The molecule has 0 saturated carbocycles. The summed E-state index contributed by atoms with van der Waals surface area (Å²) in [6, 6.07) is -0.536. The van der Waals surface area contributed by atoms with Gasteiger partial charge in [-0.25, -0.2) is 0 Å². The van der Waals surface area contributed by atoms with E-state index in [4.69, 9.17) is 10.8 Å². The van der Waals surface area contributed by atoms with E-state index in [1.165, 1.54) is 0 Å². The second-order valence-corrected chi connectivity index (χ2v) is 3.28. The van der Waals surface area contributed by atoms with Gasteiger partial charge in [-0.1, -0.05) is 6.08 Å². The Bertz CT molecular complexity index is 180. The minimum absolute atomic E-state index is 0.281. The SMILES string of the molecule is C=CCN(CC(N)C(=O)O)C(C)C. The smallest absolute Gasteiger partial charge is 0.321 e. The van der Waals surface area contributed by atoms with Crippen LogP contribution < -0.4 is 5.73 Å². The minimum atomic E-state index is -0.963. The predicted octanol–water partition coefficient (Wildman–Crippen LogP) is 0.295. The fraction of sp³-hybridized carbons (Fsp3) is 0.667. The van der Waals surface area contributed by atoms with E-state index in [1.54, 1.807) is 6.08 Å². The van der Waals surface area contributed by atoms with Crippen molar-refractivity contribution in [2.75, 3.05) is 13.1 Å². The fourth-order valence-corrected chi connectivity index (χ4v) is 0.993. The first-order valence-corrected chi connectivity index (χ1v) is 4.32. The standard InChI is InChI=1S/C9H18N2O2/c1-4-5-11(7(2)3)6-8(10)9(12)13/h4,7-8H,1,5-6,10H2,2-3H3,(H,12,13). The Morgan fingerprint density at radius 3 is 2.54 bits per heavy atom. The topological polar surface area (TPSA) is 66.6 Å². The van der Waals surface area contributed by atoms with Gasteiger partial charge in [-0.2, -0.15) is 0 Å². The summed E-state index contributed by atoms with van der Waals surface area (Å²) >= 11 is 0. The summed E-state index contributed by atoms with van der Waals surface area (Å²) in [5, 5.41) is 8.60. The number of nitrogens with two attached hydrogens (primary N) is 1. The van der Waals surface area contributed by atoms with Gasteiger partial charge in [0.1, 0.15) is 6.04 Å². The van der Waals surface area contributed by atoms with Crippen LogP contribution in [0.3, 0.4) is 0 Å². The summed E-state index contributed by atoms with van der Waals surface area (Å²) < 4.78 is 0. The number of carboxylic acids is 1. The van der Waals surface area contributed by atoms with E-state index in [-0.39, 0.29) is 6.04 Å². The van der Waals surface area contributed by atoms with Crippen molar-refractivity contribution in [1.82, 2.24) is 4.90 Å². The zero-order valence-electron chi connectivity index (χ0n) is 8.23. The molecule has 76 valence electrons. The first-order valence-electron chi connectivity index (χ1n) is 4.32. The number of hydrogen-bond acceptors (Lipinski definition) is 3. The number of nitrogens with zero attached hydrogens (tertiary/aromatic N) is 1. The van der Waals surface area contributed by atoms with E-state index in [2.05, 4.69) is 6.58 Å². The van der Waals surface area contributed by atoms with Crippen LogP contribution in [0.25, 0.3) is 0 Å². The molecule has 0 radical (unpaired) electrons. The zero-order valence-corrected chi connectivity index (χ0v) is 8.23. The van der Waals surface area contributed by atoms with Gasteiger partial charge in [0.2, 0.25) is 0 Å². The Labute approximate surface area is 79.0 Å². The molecule has 0 heterocycles. The monoisotopic (exact) mass is 186 g/mol. The van der Waals surface area contributed by atoms with Gasteiger partial charge in [-0.15, -0.1) is 6.58 Å². The summed E-state index contributed by atoms with van der Waals surface area (Å²) in [5.74, 6) is -0.963. The highest BCUT2D eigenvalue weighted by atomic mass is 16.4. The van der Waals surface area contributed by atoms with Gasteiger partial charge in [0.05, 0.1) is 0 Å². The molecule has 1 unspecified atom stereocenters. The molecule has 3 N–H and O–H groups in total. The van der Waals surface area contributed by atoms with Crippen LogP contribution in [0.15, 0.2) is 12.7 Å². The van der Waals surface area contributed by atoms with Gasteiger partial charge in [0.15, 0.2) is 0 Å². The quantitative estimate of drug-likeness (QED) is 0.585. The van der Waals surface area contributed by atoms with E-state index >= 15 is 0 Å². The van der Waals surface area contributed by atoms with Crippen molar-refractivity contribution in [2.45, 2.75) is 25.9 Å². The number of hydrogen-bond donors (Lipinski definition) is 2. The lowest BCUT2D eigenvalue weighted by Crippen LogP contribution is -2.45. The predicted molar refractivity (Wildman–Crippen MR) is 52.5 cm³/mol. The van der Waals surface area contributed by atoms with Crippen molar-refractivity contribution in [1.29, 1.82) is 0 Å². The van der Waals surface area contributed by atoms with Gasteiger partial charge in [0, 0.05) is 19.1 Å². The molecular formula is C9H18N2O2. The molecule has 0 bridgehead atoms. The number of rotatable bonds is 6. The molecule has 1 atom stereocenters. The van der Waals surface area contributed by atoms with Crippen molar-refractivity contribution in [3.63, 3.8) is 0 Å². The number of carboxylic acid groups (broad SMARTS) is 1. The van der Waals surface area contributed by atoms with Crippen LogP contribution in [-0.4, -0.2) is 41.1 Å². The van der Waals surface area contributed by atoms with Crippen molar-refractivity contribution < 1.29 is 9.90 Å². The maximum Gasteiger partial charge on any atom is 0.321 e. The summed E-state index contributed by atoms with van der Waals surface area (Å²) in [7, 11) is 0. The van der Waals surface area contributed by atoms with E-state index in [1.807, 2.05) is 18.7 Å². The van der Waals surface area contributed by atoms with E-state index in [0.717, 1.165) is 0 Å². The third-order valence-corrected chi connectivity index (χ3v) is 1.84. The van der Waals surface area contributed by atoms with Gasteiger partial charge in [-0.3, -0.25) is 9.69 Å². The maximum atomic E-state index is 10.5. The molecule has 0 fully saturated rings. The number of carbonyl (C=O) groups is 1. The Morgan fingerprint density at radius 1 is 1.69 bits per heavy atom. The van der Waals surface area contributed by atoms with Crippen LogP contribution in [-0.2, 0) is 4.79 Å². The highest BCUT2D eigenvalue weighted by Gasteiger charge is 2.17. The third-order valence-electron chi connectivity index (χ3n) is 1.84. The van der Waals surface area contributed by atoms with E-state index < -0.39 is 12.0 Å². The van der Waals surface area contributed by atoms with E-state index in [9.17, 15) is 4.79 Å². The van der Waals surface area contributed by atoms with Crippen LogP contribution >= 0.6 is 0 Å². The lowest BCUT2D eigenvalue weighted by Gasteiger charge is -2.26. The molecule has 0 spiro atoms. The Morgan fingerprint density at radius 2 is 2.23 bits per heavy atom. The Hall–Kier alpha value is -0.870. The van der Waals surface area contributed by atoms with Crippen molar-refractivity contribution in [3.8, 4) is 0 Å². The molecule has 0 aromatic carbocycles. The maximum absolute atomic E-state index is 10.5. The summed E-state index contributed by atoms with van der Waals surface area (Å²) in [6.07, 6.45) is 1.74. The second kappa shape index (κ2) is 5.72. The van der Waals surface area contributed by atoms with Gasteiger partial charge < -0.3 is 10.8 Å². The molecule has 0 aliphatic rings. The molecule has 4 heteroatoms. The van der Waals surface area contributed by atoms with Crippen LogP contribution in [0.4, 0.5) is 0 Å². The second-order valence-electron chi connectivity index (χ2n) is 3.28. The van der Waals surface area contributed by atoms with Gasteiger partial charge >= 0.3 is 5.97 Å². The van der Waals surface area contributed by atoms with Crippen LogP contribution in [0.5, 0.6) is 0 Å². The molecule has 0 aliphatic carbocycles. The van der Waals surface area contributed by atoms with Crippen molar-refractivity contribution >= 4 is 5.97 Å². The highest BCUT2D eigenvalue weighted by molar-refractivity contribution is 5.73. The van der Waals surface area contributed by atoms with Crippen molar-refractivity contribution in [2.24, 2.45) is 5.73 Å². The zero-order chi connectivity index (χ0) is 10.4. The molecular weight excluding hydrogens is 168 g/mol. The average Bonchev–Trinajstić information content (AvgIpc) is 2.03. The van der Waals surface area contributed by atoms with Gasteiger partial charge in [-0.05, 0) is 13.8 Å². The fourth-order valence-electron chi connectivity index (χ4n) is 0.993. The molecule has 0 aliphatic heterocycles. The molecule has 0 amide bonds. The summed E-state index contributed by atoms with van der Waals surface area (Å²) in [4.78, 5) is 12.4. The Balaban J connectivity index is 4.08. The Kier molecular flexibility index (Phi) is 5.34. The highest BCUT2D eigenvalue weighted by Crippen LogP contribution is 1.99. The number of aliphatic carboxylic acids is 1. The largest absolute Gasteiger partial charge is 0.480 e. The van der Waals surface area contributed by atoms with E-state index in [0.29, 0.717) is 13.1 Å². The van der Waals surface area contributed by atoms with Crippen molar-refractivity contribution in [3.05, 3.63) is 12.7 Å². The molecule has 13 heavy (non-hydrogen) atoms. The third kappa shape index (κ3) is 4.65. The minimum Gasteiger partial charge on any atom is -0.480 e.